The molecule has 2 aromatic rings. The summed E-state index contributed by atoms with van der Waals surface area (Å²) in [6.07, 6.45) is 0. The minimum Gasteiger partial charge on any atom is -0.361 e. The van der Waals surface area contributed by atoms with Crippen LogP contribution in [-0.4, -0.2) is 5.16 Å². The fraction of sp³-hybridized carbons (Fsp3) is 0.357. The van der Waals surface area contributed by atoms with Crippen molar-refractivity contribution in [2.45, 2.75) is 34.2 Å². The highest BCUT2D eigenvalue weighted by atomic mass is 16.5. The lowest BCUT2D eigenvalue weighted by Crippen LogP contribution is -1.94. The Kier molecular flexibility index (Phi) is 3.58. The lowest BCUT2D eigenvalue weighted by Gasteiger charge is -2.09. The molecular formula is C14H16N4O. The first-order valence-electron chi connectivity index (χ1n) is 6.08. The average Bonchev–Trinajstić information content (AvgIpc) is 2.67. The second kappa shape index (κ2) is 5.16. The molecule has 0 fully saturated rings. The van der Waals surface area contributed by atoms with Gasteiger partial charge in [0.1, 0.15) is 11.5 Å². The Morgan fingerprint density at radius 3 is 2.42 bits per heavy atom. The molecule has 0 bridgehead atoms. The second-order valence-corrected chi connectivity index (χ2v) is 4.73. The van der Waals surface area contributed by atoms with Crippen LogP contribution in [0, 0.1) is 27.7 Å². The van der Waals surface area contributed by atoms with Crippen LogP contribution in [0.15, 0.2) is 21.8 Å². The van der Waals surface area contributed by atoms with Gasteiger partial charge in [0.15, 0.2) is 0 Å². The molecule has 0 aliphatic heterocycles. The number of rotatable bonds is 3. The van der Waals surface area contributed by atoms with Crippen LogP contribution in [0.4, 0.5) is 0 Å². The van der Waals surface area contributed by atoms with Crippen LogP contribution < -0.4 is 0 Å². The van der Waals surface area contributed by atoms with Crippen molar-refractivity contribution in [2.75, 3.05) is 0 Å². The summed E-state index contributed by atoms with van der Waals surface area (Å²) >= 11 is 0. The number of nitrogens with zero attached hydrogens (tertiary/aromatic N) is 4. The van der Waals surface area contributed by atoms with E-state index in [0.29, 0.717) is 5.76 Å². The summed E-state index contributed by atoms with van der Waals surface area (Å²) in [7, 11) is 0. The monoisotopic (exact) mass is 256 g/mol. The van der Waals surface area contributed by atoms with E-state index in [1.807, 2.05) is 6.92 Å². The molecule has 0 N–H and O–H groups in total. The fourth-order valence-electron chi connectivity index (χ4n) is 2.43. The van der Waals surface area contributed by atoms with E-state index in [1.165, 1.54) is 5.56 Å². The first kappa shape index (κ1) is 13.2. The molecule has 0 atom stereocenters. The Labute approximate surface area is 111 Å². The molecule has 0 spiro atoms. The van der Waals surface area contributed by atoms with Gasteiger partial charge < -0.3 is 4.52 Å². The van der Waals surface area contributed by atoms with E-state index in [9.17, 15) is 0 Å². The van der Waals surface area contributed by atoms with Gasteiger partial charge in [-0.2, -0.15) is 0 Å². The predicted molar refractivity (Wildman–Crippen MR) is 73.7 cm³/mol. The molecule has 1 aromatic heterocycles. The van der Waals surface area contributed by atoms with Crippen molar-refractivity contribution >= 4 is 0 Å². The third-order valence-corrected chi connectivity index (χ3v) is 3.19. The van der Waals surface area contributed by atoms with Crippen LogP contribution in [0.2, 0.25) is 0 Å². The van der Waals surface area contributed by atoms with Gasteiger partial charge in [-0.25, -0.2) is 0 Å². The van der Waals surface area contributed by atoms with Crippen LogP contribution >= 0.6 is 0 Å². The average molecular weight is 256 g/mol. The lowest BCUT2D eigenvalue weighted by atomic mass is 9.95. The third kappa shape index (κ3) is 2.46. The van der Waals surface area contributed by atoms with E-state index < -0.39 is 0 Å². The highest BCUT2D eigenvalue weighted by Gasteiger charge is 2.17. The number of benzene rings is 1. The van der Waals surface area contributed by atoms with E-state index in [2.05, 4.69) is 48.1 Å². The van der Waals surface area contributed by atoms with Crippen molar-refractivity contribution in [3.8, 4) is 11.3 Å². The Hall–Kier alpha value is -2.26. The van der Waals surface area contributed by atoms with E-state index in [-0.39, 0.29) is 6.54 Å². The Morgan fingerprint density at radius 2 is 1.84 bits per heavy atom. The van der Waals surface area contributed by atoms with E-state index in [1.54, 1.807) is 0 Å². The summed E-state index contributed by atoms with van der Waals surface area (Å²) in [5.74, 6) is 0.696. The van der Waals surface area contributed by atoms with Gasteiger partial charge in [0, 0.05) is 16.0 Å². The molecule has 0 aliphatic rings. The van der Waals surface area contributed by atoms with Crippen molar-refractivity contribution < 1.29 is 4.52 Å². The molecule has 1 aromatic carbocycles. The molecule has 0 aliphatic carbocycles. The Bertz CT molecular complexity index is 643. The standard InChI is InChI=1S/C14H16N4O/c1-8-5-9(2)13(10(3)6-8)14-12(7-16-18-15)11(4)19-17-14/h5-6H,7H2,1-4H3. The lowest BCUT2D eigenvalue weighted by molar-refractivity contribution is 0.398. The normalized spacial score (nSPS) is 10.3. The van der Waals surface area contributed by atoms with Gasteiger partial charge in [0.2, 0.25) is 0 Å². The molecule has 0 unspecified atom stereocenters. The molecule has 98 valence electrons. The molecule has 1 heterocycles. The van der Waals surface area contributed by atoms with Gasteiger partial charge in [-0.05, 0) is 44.4 Å². The summed E-state index contributed by atoms with van der Waals surface area (Å²) in [5, 5.41) is 7.75. The van der Waals surface area contributed by atoms with Crippen molar-refractivity contribution in [2.24, 2.45) is 5.11 Å². The molecule has 5 nitrogen and oxygen atoms in total. The molecule has 0 radical (unpaired) electrons. The quantitative estimate of drug-likeness (QED) is 0.464. The van der Waals surface area contributed by atoms with Gasteiger partial charge in [0.25, 0.3) is 0 Å². The van der Waals surface area contributed by atoms with Crippen molar-refractivity contribution in [1.82, 2.24) is 5.16 Å². The zero-order valence-electron chi connectivity index (χ0n) is 11.6. The first-order valence-corrected chi connectivity index (χ1v) is 6.08. The van der Waals surface area contributed by atoms with Gasteiger partial charge in [-0.1, -0.05) is 28.0 Å². The number of hydrogen-bond donors (Lipinski definition) is 0. The number of aryl methyl sites for hydroxylation is 4. The van der Waals surface area contributed by atoms with Crippen molar-refractivity contribution in [1.29, 1.82) is 0 Å². The molecular weight excluding hydrogens is 240 g/mol. The maximum atomic E-state index is 8.47. The number of aromatic nitrogens is 1. The Balaban J connectivity index is 2.62. The molecule has 19 heavy (non-hydrogen) atoms. The van der Waals surface area contributed by atoms with Crippen LogP contribution in [0.3, 0.4) is 0 Å². The topological polar surface area (TPSA) is 74.8 Å². The highest BCUT2D eigenvalue weighted by molar-refractivity contribution is 5.71. The van der Waals surface area contributed by atoms with Crippen LogP contribution in [0.25, 0.3) is 21.7 Å². The van der Waals surface area contributed by atoms with Gasteiger partial charge in [-0.3, -0.25) is 0 Å². The summed E-state index contributed by atoms with van der Waals surface area (Å²) < 4.78 is 5.25. The number of hydrogen-bond acceptors (Lipinski definition) is 3. The second-order valence-electron chi connectivity index (χ2n) is 4.73. The molecule has 0 saturated carbocycles. The summed E-state index contributed by atoms with van der Waals surface area (Å²) in [4.78, 5) is 2.80. The zero-order chi connectivity index (χ0) is 14.0. The minimum atomic E-state index is 0.258. The summed E-state index contributed by atoms with van der Waals surface area (Å²) in [5.41, 5.74) is 14.7. The predicted octanol–water partition coefficient (Wildman–Crippen LogP) is 4.39. The number of azide groups is 1. The highest BCUT2D eigenvalue weighted by Crippen LogP contribution is 2.32. The van der Waals surface area contributed by atoms with Crippen LogP contribution in [0.1, 0.15) is 28.0 Å². The van der Waals surface area contributed by atoms with Gasteiger partial charge in [0.05, 0.1) is 6.54 Å². The fourth-order valence-corrected chi connectivity index (χ4v) is 2.43. The maximum Gasteiger partial charge on any atom is 0.137 e. The summed E-state index contributed by atoms with van der Waals surface area (Å²) in [6, 6.07) is 4.23. The van der Waals surface area contributed by atoms with Gasteiger partial charge in [-0.15, -0.1) is 0 Å². The van der Waals surface area contributed by atoms with Crippen LogP contribution in [-0.2, 0) is 6.54 Å². The molecule has 0 saturated heterocycles. The molecule has 0 amide bonds. The van der Waals surface area contributed by atoms with Crippen molar-refractivity contribution in [3.05, 3.63) is 50.6 Å². The van der Waals surface area contributed by atoms with E-state index >= 15 is 0 Å². The van der Waals surface area contributed by atoms with E-state index in [0.717, 1.165) is 27.9 Å². The van der Waals surface area contributed by atoms with Gasteiger partial charge >= 0.3 is 0 Å². The maximum absolute atomic E-state index is 8.47. The minimum absolute atomic E-state index is 0.258. The smallest absolute Gasteiger partial charge is 0.137 e. The van der Waals surface area contributed by atoms with Crippen molar-refractivity contribution in [3.63, 3.8) is 0 Å². The zero-order valence-corrected chi connectivity index (χ0v) is 11.6. The molecule has 2 rings (SSSR count). The summed E-state index contributed by atoms with van der Waals surface area (Å²) in [6.45, 7) is 8.26. The van der Waals surface area contributed by atoms with E-state index in [4.69, 9.17) is 10.1 Å². The third-order valence-electron chi connectivity index (χ3n) is 3.19. The first-order chi connectivity index (χ1) is 9.04. The van der Waals surface area contributed by atoms with Crippen LogP contribution in [0.5, 0.6) is 0 Å². The SMILES string of the molecule is Cc1cc(C)c(-c2noc(C)c2CN=[N+]=[N-])c(C)c1. The largest absolute Gasteiger partial charge is 0.361 e. The Morgan fingerprint density at radius 1 is 1.21 bits per heavy atom. The molecule has 5 heteroatoms.